The first-order valence-electron chi connectivity index (χ1n) is 7.98. The summed E-state index contributed by atoms with van der Waals surface area (Å²) in [4.78, 5) is 12.7. The van der Waals surface area contributed by atoms with E-state index in [-0.39, 0.29) is 18.5 Å². The molecular formula is C20H18BrNO3. The molecule has 1 atom stereocenters. The maximum Gasteiger partial charge on any atom is 0.194 e. The van der Waals surface area contributed by atoms with Gasteiger partial charge in [0.15, 0.2) is 11.5 Å². The van der Waals surface area contributed by atoms with Crippen molar-refractivity contribution in [2.75, 3.05) is 6.61 Å². The normalized spacial score (nSPS) is 12.1. The van der Waals surface area contributed by atoms with E-state index in [0.29, 0.717) is 17.0 Å². The van der Waals surface area contributed by atoms with E-state index in [1.54, 1.807) is 6.92 Å². The molecule has 0 aliphatic carbocycles. The predicted molar refractivity (Wildman–Crippen MR) is 99.5 cm³/mol. The Morgan fingerprint density at radius 1 is 1.16 bits per heavy atom. The molecule has 0 fully saturated rings. The molecule has 5 heteroatoms. The number of aromatic nitrogens is 1. The van der Waals surface area contributed by atoms with Crippen molar-refractivity contribution in [2.45, 2.75) is 20.0 Å². The summed E-state index contributed by atoms with van der Waals surface area (Å²) < 4.78 is 12.1. The largest absolute Gasteiger partial charge is 0.366 e. The summed E-state index contributed by atoms with van der Waals surface area (Å²) in [6, 6.07) is 17.4. The molecule has 0 N–H and O–H groups in total. The van der Waals surface area contributed by atoms with Crippen LogP contribution in [0.2, 0.25) is 0 Å². The van der Waals surface area contributed by atoms with Crippen molar-refractivity contribution < 1.29 is 14.1 Å². The molecule has 0 bridgehead atoms. The van der Waals surface area contributed by atoms with Gasteiger partial charge in [-0.05, 0) is 43.7 Å². The van der Waals surface area contributed by atoms with E-state index in [0.717, 1.165) is 15.6 Å². The molecule has 128 valence electrons. The number of carbonyl (C=O) groups is 1. The highest BCUT2D eigenvalue weighted by atomic mass is 79.9. The van der Waals surface area contributed by atoms with Gasteiger partial charge in [-0.2, -0.15) is 0 Å². The summed E-state index contributed by atoms with van der Waals surface area (Å²) >= 11 is 3.40. The van der Waals surface area contributed by atoms with Crippen LogP contribution >= 0.6 is 15.9 Å². The molecule has 1 heterocycles. The van der Waals surface area contributed by atoms with Crippen LogP contribution in [0.3, 0.4) is 0 Å². The fraction of sp³-hybridized carbons (Fsp3) is 0.200. The standard InChI is InChI=1S/C20H18BrNO3/c1-13-19(20(25-22-13)16-8-10-17(21)11-9-16)18(23)12-24-14(2)15-6-4-3-5-7-15/h3-11,14H,12H2,1-2H3. The molecule has 2 aromatic carbocycles. The van der Waals surface area contributed by atoms with Crippen LogP contribution in [0.15, 0.2) is 63.6 Å². The first-order valence-corrected chi connectivity index (χ1v) is 8.77. The molecule has 3 rings (SSSR count). The number of hydrogen-bond donors (Lipinski definition) is 0. The van der Waals surface area contributed by atoms with Crippen LogP contribution < -0.4 is 0 Å². The summed E-state index contributed by atoms with van der Waals surface area (Å²) in [5.41, 5.74) is 2.88. The van der Waals surface area contributed by atoms with E-state index in [1.165, 1.54) is 0 Å². The van der Waals surface area contributed by atoms with E-state index in [4.69, 9.17) is 9.26 Å². The lowest BCUT2D eigenvalue weighted by Crippen LogP contribution is -2.13. The summed E-state index contributed by atoms with van der Waals surface area (Å²) in [5.74, 6) is 0.338. The van der Waals surface area contributed by atoms with E-state index in [2.05, 4.69) is 21.1 Å². The highest BCUT2D eigenvalue weighted by Gasteiger charge is 2.22. The van der Waals surface area contributed by atoms with Gasteiger partial charge in [0, 0.05) is 10.0 Å². The van der Waals surface area contributed by atoms with Gasteiger partial charge in [-0.25, -0.2) is 0 Å². The van der Waals surface area contributed by atoms with Crippen LogP contribution in [0, 0.1) is 6.92 Å². The second-order valence-corrected chi connectivity index (χ2v) is 6.68. The molecule has 25 heavy (non-hydrogen) atoms. The number of nitrogens with zero attached hydrogens (tertiary/aromatic N) is 1. The third-order valence-corrected chi connectivity index (χ3v) is 4.51. The highest BCUT2D eigenvalue weighted by Crippen LogP contribution is 2.28. The smallest absolute Gasteiger partial charge is 0.194 e. The molecule has 0 saturated heterocycles. The zero-order chi connectivity index (χ0) is 17.8. The van der Waals surface area contributed by atoms with E-state index < -0.39 is 0 Å². The fourth-order valence-electron chi connectivity index (χ4n) is 2.59. The monoisotopic (exact) mass is 399 g/mol. The molecule has 0 spiro atoms. The van der Waals surface area contributed by atoms with Gasteiger partial charge >= 0.3 is 0 Å². The van der Waals surface area contributed by atoms with Crippen molar-refractivity contribution in [3.8, 4) is 11.3 Å². The molecule has 3 aromatic rings. The Balaban J connectivity index is 1.76. The van der Waals surface area contributed by atoms with Crippen molar-refractivity contribution in [3.63, 3.8) is 0 Å². The number of carbonyl (C=O) groups excluding carboxylic acids is 1. The summed E-state index contributed by atoms with van der Waals surface area (Å²) in [6.45, 7) is 3.67. The number of ether oxygens (including phenoxy) is 1. The third-order valence-electron chi connectivity index (χ3n) is 3.98. The molecule has 0 aliphatic heterocycles. The number of halogens is 1. The topological polar surface area (TPSA) is 52.3 Å². The van der Waals surface area contributed by atoms with Crippen LogP contribution in [-0.2, 0) is 4.74 Å². The minimum atomic E-state index is -0.165. The van der Waals surface area contributed by atoms with Crippen LogP contribution in [-0.4, -0.2) is 17.5 Å². The van der Waals surface area contributed by atoms with E-state index in [9.17, 15) is 4.79 Å². The quantitative estimate of drug-likeness (QED) is 0.522. The van der Waals surface area contributed by atoms with E-state index >= 15 is 0 Å². The van der Waals surface area contributed by atoms with Gasteiger partial charge in [-0.1, -0.05) is 51.4 Å². The average molecular weight is 400 g/mol. The second kappa shape index (κ2) is 7.76. The van der Waals surface area contributed by atoms with Gasteiger partial charge < -0.3 is 9.26 Å². The summed E-state index contributed by atoms with van der Waals surface area (Å²) in [6.07, 6.45) is -0.165. The molecule has 1 aromatic heterocycles. The third kappa shape index (κ3) is 4.06. The van der Waals surface area contributed by atoms with Crippen molar-refractivity contribution in [3.05, 3.63) is 75.9 Å². The number of Topliss-reactive ketones (excluding diaryl/α,β-unsaturated/α-hetero) is 1. The lowest BCUT2D eigenvalue weighted by molar-refractivity contribution is 0.0520. The van der Waals surface area contributed by atoms with Gasteiger partial charge in [0.05, 0.1) is 17.4 Å². The molecule has 1 unspecified atom stereocenters. The summed E-state index contributed by atoms with van der Waals surface area (Å²) in [7, 11) is 0. The minimum Gasteiger partial charge on any atom is -0.366 e. The molecular weight excluding hydrogens is 382 g/mol. The minimum absolute atomic E-state index is 0.0261. The van der Waals surface area contributed by atoms with Gasteiger partial charge in [0.25, 0.3) is 0 Å². The number of benzene rings is 2. The van der Waals surface area contributed by atoms with Crippen LogP contribution in [0.1, 0.15) is 34.6 Å². The Morgan fingerprint density at radius 2 is 1.84 bits per heavy atom. The Labute approximate surface area is 154 Å². The molecule has 0 saturated carbocycles. The van der Waals surface area contributed by atoms with Crippen molar-refractivity contribution in [1.29, 1.82) is 0 Å². The Hall–Kier alpha value is -2.24. The summed E-state index contributed by atoms with van der Waals surface area (Å²) in [5, 5.41) is 3.96. The highest BCUT2D eigenvalue weighted by molar-refractivity contribution is 9.10. The molecule has 0 aliphatic rings. The molecule has 0 radical (unpaired) electrons. The maximum absolute atomic E-state index is 12.7. The Kier molecular flexibility index (Phi) is 5.46. The van der Waals surface area contributed by atoms with Gasteiger partial charge in [-0.3, -0.25) is 4.79 Å². The van der Waals surface area contributed by atoms with Gasteiger partial charge in [0.1, 0.15) is 6.61 Å². The first-order chi connectivity index (χ1) is 12.1. The maximum atomic E-state index is 12.7. The number of rotatable bonds is 6. The van der Waals surface area contributed by atoms with Gasteiger partial charge in [0.2, 0.25) is 0 Å². The Morgan fingerprint density at radius 3 is 2.52 bits per heavy atom. The van der Waals surface area contributed by atoms with Crippen molar-refractivity contribution in [2.24, 2.45) is 0 Å². The van der Waals surface area contributed by atoms with Gasteiger partial charge in [-0.15, -0.1) is 0 Å². The zero-order valence-corrected chi connectivity index (χ0v) is 15.6. The average Bonchev–Trinajstić information content (AvgIpc) is 3.02. The van der Waals surface area contributed by atoms with Crippen molar-refractivity contribution in [1.82, 2.24) is 5.16 Å². The lowest BCUT2D eigenvalue weighted by Gasteiger charge is -2.12. The van der Waals surface area contributed by atoms with Crippen LogP contribution in [0.4, 0.5) is 0 Å². The van der Waals surface area contributed by atoms with Crippen LogP contribution in [0.5, 0.6) is 0 Å². The number of aryl methyl sites for hydroxylation is 1. The SMILES string of the molecule is Cc1noc(-c2ccc(Br)cc2)c1C(=O)COC(C)c1ccccc1. The van der Waals surface area contributed by atoms with Crippen molar-refractivity contribution >= 4 is 21.7 Å². The van der Waals surface area contributed by atoms with Crippen LogP contribution in [0.25, 0.3) is 11.3 Å². The zero-order valence-electron chi connectivity index (χ0n) is 14.0. The first kappa shape index (κ1) is 17.6. The number of ketones is 1. The van der Waals surface area contributed by atoms with E-state index in [1.807, 2.05) is 61.5 Å². The molecule has 4 nitrogen and oxygen atoms in total. The lowest BCUT2D eigenvalue weighted by atomic mass is 10.0. The second-order valence-electron chi connectivity index (χ2n) is 5.77. The molecule has 0 amide bonds. The number of hydrogen-bond acceptors (Lipinski definition) is 4. The fourth-order valence-corrected chi connectivity index (χ4v) is 2.85. The predicted octanol–water partition coefficient (Wildman–Crippen LogP) is 5.37. The Bertz CT molecular complexity index is 856.